The number of hydrogen-bond acceptors (Lipinski definition) is 3. The van der Waals surface area contributed by atoms with Crippen molar-refractivity contribution >= 4 is 11.8 Å². The molecule has 0 aliphatic heterocycles. The average molecular weight is 182 g/mol. The van der Waals surface area contributed by atoms with E-state index in [1.807, 2.05) is 6.92 Å². The lowest BCUT2D eigenvalue weighted by atomic mass is 10.2. The molecule has 0 aliphatic rings. The van der Waals surface area contributed by atoms with Crippen molar-refractivity contribution in [2.75, 3.05) is 24.6 Å². The second-order valence-corrected chi connectivity index (χ2v) is 3.60. The number of nitriles is 1. The molecule has 1 N–H and O–H groups in total. The molecule has 66 valence electrons. The van der Waals surface area contributed by atoms with E-state index < -0.39 is 0 Å². The molecule has 0 saturated heterocycles. The van der Waals surface area contributed by atoms with Crippen molar-refractivity contribution < 1.29 is 0 Å². The number of nitrogens with zero attached hydrogens (tertiary/aromatic N) is 1. The van der Waals surface area contributed by atoms with Gasteiger partial charge in [-0.05, 0) is 6.92 Å². The van der Waals surface area contributed by atoms with Crippen LogP contribution in [0.25, 0.3) is 0 Å². The van der Waals surface area contributed by atoms with Gasteiger partial charge in [0.15, 0.2) is 0 Å². The normalized spacial score (nSPS) is 11.6. The van der Waals surface area contributed by atoms with Crippen LogP contribution >= 0.6 is 11.8 Å². The molecular weight excluding hydrogens is 168 g/mol. The maximum absolute atomic E-state index is 8.45. The number of thioether (sulfide) groups is 1. The summed E-state index contributed by atoms with van der Waals surface area (Å²) in [5.74, 6) is 4.45. The lowest BCUT2D eigenvalue weighted by Gasteiger charge is -2.03. The number of nitrogens with one attached hydrogen (secondary N) is 1. The van der Waals surface area contributed by atoms with Gasteiger partial charge >= 0.3 is 0 Å². The van der Waals surface area contributed by atoms with Crippen LogP contribution in [-0.2, 0) is 0 Å². The molecule has 0 rings (SSSR count). The van der Waals surface area contributed by atoms with E-state index >= 15 is 0 Å². The maximum atomic E-state index is 8.45. The third-order valence-corrected chi connectivity index (χ3v) is 2.14. The fourth-order valence-electron chi connectivity index (χ4n) is 0.640. The third-order valence-electron chi connectivity index (χ3n) is 1.28. The van der Waals surface area contributed by atoms with Crippen molar-refractivity contribution in [2.45, 2.75) is 6.92 Å². The van der Waals surface area contributed by atoms with Gasteiger partial charge in [-0.3, -0.25) is 0 Å². The summed E-state index contributed by atoms with van der Waals surface area (Å²) in [4.78, 5) is 0. The van der Waals surface area contributed by atoms with Crippen LogP contribution in [0.2, 0.25) is 0 Å². The molecule has 2 nitrogen and oxygen atoms in total. The summed E-state index contributed by atoms with van der Waals surface area (Å²) in [6, 6.07) is 2.17. The number of terminal acetylenes is 1. The highest BCUT2D eigenvalue weighted by molar-refractivity contribution is 7.99. The zero-order valence-corrected chi connectivity index (χ0v) is 8.16. The zero-order chi connectivity index (χ0) is 9.23. The molecule has 0 aromatic rings. The molecule has 0 bridgehead atoms. The van der Waals surface area contributed by atoms with Crippen LogP contribution in [0, 0.1) is 29.6 Å². The molecule has 3 heteroatoms. The van der Waals surface area contributed by atoms with Gasteiger partial charge in [0.1, 0.15) is 0 Å². The summed E-state index contributed by atoms with van der Waals surface area (Å²) in [6.45, 7) is 3.60. The van der Waals surface area contributed by atoms with E-state index in [4.69, 9.17) is 11.7 Å². The van der Waals surface area contributed by atoms with Gasteiger partial charge in [0.2, 0.25) is 0 Å². The molecule has 0 fully saturated rings. The van der Waals surface area contributed by atoms with Gasteiger partial charge in [0, 0.05) is 18.8 Å². The third kappa shape index (κ3) is 7.47. The van der Waals surface area contributed by atoms with Gasteiger partial charge in [-0.15, -0.1) is 18.2 Å². The number of rotatable bonds is 6. The quantitative estimate of drug-likeness (QED) is 0.493. The summed E-state index contributed by atoms with van der Waals surface area (Å²) in [6.07, 6.45) is 5.08. The SMILES string of the molecule is C#CCSCCNCC(C)C#N. The second kappa shape index (κ2) is 8.46. The van der Waals surface area contributed by atoms with E-state index in [1.54, 1.807) is 11.8 Å². The van der Waals surface area contributed by atoms with Crippen molar-refractivity contribution in [1.29, 1.82) is 5.26 Å². The summed E-state index contributed by atoms with van der Waals surface area (Å²) in [5, 5.41) is 11.6. The molecule has 0 radical (unpaired) electrons. The molecular formula is C9H14N2S. The highest BCUT2D eigenvalue weighted by Gasteiger charge is 1.96. The first-order valence-electron chi connectivity index (χ1n) is 3.92. The summed E-state index contributed by atoms with van der Waals surface area (Å²) < 4.78 is 0. The molecule has 12 heavy (non-hydrogen) atoms. The fraction of sp³-hybridized carbons (Fsp3) is 0.667. The predicted molar refractivity (Wildman–Crippen MR) is 53.8 cm³/mol. The Kier molecular flexibility index (Phi) is 8.01. The van der Waals surface area contributed by atoms with E-state index in [-0.39, 0.29) is 5.92 Å². The lowest BCUT2D eigenvalue weighted by Crippen LogP contribution is -2.22. The largest absolute Gasteiger partial charge is 0.315 e. The zero-order valence-electron chi connectivity index (χ0n) is 7.34. The molecule has 0 heterocycles. The lowest BCUT2D eigenvalue weighted by molar-refractivity contribution is 0.623. The van der Waals surface area contributed by atoms with Crippen LogP contribution in [0.15, 0.2) is 0 Å². The van der Waals surface area contributed by atoms with Gasteiger partial charge in [0.25, 0.3) is 0 Å². The van der Waals surface area contributed by atoms with E-state index in [9.17, 15) is 0 Å². The maximum Gasteiger partial charge on any atom is 0.0666 e. The van der Waals surface area contributed by atoms with E-state index in [2.05, 4.69) is 17.3 Å². The highest BCUT2D eigenvalue weighted by Crippen LogP contribution is 1.95. The van der Waals surface area contributed by atoms with Gasteiger partial charge in [-0.25, -0.2) is 0 Å². The van der Waals surface area contributed by atoms with Gasteiger partial charge < -0.3 is 5.32 Å². The van der Waals surface area contributed by atoms with Crippen molar-refractivity contribution in [3.8, 4) is 18.4 Å². The van der Waals surface area contributed by atoms with Crippen molar-refractivity contribution in [2.24, 2.45) is 5.92 Å². The molecule has 0 spiro atoms. The minimum absolute atomic E-state index is 0.0997. The molecule has 0 aromatic heterocycles. The first kappa shape index (κ1) is 11.4. The van der Waals surface area contributed by atoms with Crippen LogP contribution in [0.4, 0.5) is 0 Å². The van der Waals surface area contributed by atoms with Crippen LogP contribution in [0.3, 0.4) is 0 Å². The average Bonchev–Trinajstić information content (AvgIpc) is 2.10. The summed E-state index contributed by atoms with van der Waals surface area (Å²) in [5.41, 5.74) is 0. The van der Waals surface area contributed by atoms with Gasteiger partial charge in [-0.1, -0.05) is 5.92 Å². The highest BCUT2D eigenvalue weighted by atomic mass is 32.2. The minimum atomic E-state index is 0.0997. The Morgan fingerprint density at radius 2 is 2.42 bits per heavy atom. The van der Waals surface area contributed by atoms with Gasteiger partial charge in [-0.2, -0.15) is 5.26 Å². The molecule has 0 saturated carbocycles. The van der Waals surface area contributed by atoms with E-state index in [1.165, 1.54) is 0 Å². The van der Waals surface area contributed by atoms with E-state index in [0.717, 1.165) is 24.6 Å². The smallest absolute Gasteiger partial charge is 0.0666 e. The molecule has 0 aliphatic carbocycles. The van der Waals surface area contributed by atoms with Crippen molar-refractivity contribution in [1.82, 2.24) is 5.32 Å². The molecule has 0 amide bonds. The monoisotopic (exact) mass is 182 g/mol. The topological polar surface area (TPSA) is 35.8 Å². The van der Waals surface area contributed by atoms with Crippen LogP contribution < -0.4 is 5.32 Å². The molecule has 0 aromatic carbocycles. The van der Waals surface area contributed by atoms with Crippen LogP contribution in [0.5, 0.6) is 0 Å². The fourth-order valence-corrected chi connectivity index (χ4v) is 1.19. The van der Waals surface area contributed by atoms with Gasteiger partial charge in [0.05, 0.1) is 17.7 Å². The first-order valence-corrected chi connectivity index (χ1v) is 5.08. The Morgan fingerprint density at radius 1 is 1.67 bits per heavy atom. The minimum Gasteiger partial charge on any atom is -0.315 e. The van der Waals surface area contributed by atoms with Crippen LogP contribution in [-0.4, -0.2) is 24.6 Å². The summed E-state index contributed by atoms with van der Waals surface area (Å²) in [7, 11) is 0. The first-order chi connectivity index (χ1) is 5.81. The Hall–Kier alpha value is -0.640. The Labute approximate surface area is 78.7 Å². The van der Waals surface area contributed by atoms with Crippen molar-refractivity contribution in [3.63, 3.8) is 0 Å². The molecule has 1 atom stereocenters. The standard InChI is InChI=1S/C9H14N2S/c1-3-5-12-6-4-11-8-9(2)7-10/h1,9,11H,4-6,8H2,2H3. The predicted octanol–water partition coefficient (Wildman–Crippen LogP) is 1.10. The molecule has 1 unspecified atom stereocenters. The Balaban J connectivity index is 3.03. The Morgan fingerprint density at radius 3 is 3.00 bits per heavy atom. The second-order valence-electron chi connectivity index (χ2n) is 2.49. The van der Waals surface area contributed by atoms with E-state index in [0.29, 0.717) is 0 Å². The van der Waals surface area contributed by atoms with Crippen LogP contribution in [0.1, 0.15) is 6.92 Å². The number of hydrogen-bond donors (Lipinski definition) is 1. The summed E-state index contributed by atoms with van der Waals surface area (Å²) >= 11 is 1.73. The Bertz CT molecular complexity index is 178. The van der Waals surface area contributed by atoms with Crippen molar-refractivity contribution in [3.05, 3.63) is 0 Å².